The number of hydrogen-bond acceptors (Lipinski definition) is 4. The molecule has 2 aromatic rings. The number of nitrogens with zero attached hydrogens (tertiary/aromatic N) is 4. The van der Waals surface area contributed by atoms with Crippen molar-refractivity contribution in [1.29, 1.82) is 0 Å². The smallest absolute Gasteiger partial charge is 0.251 e. The number of carbonyl (C=O) groups excluding carboxylic acids is 1. The molecule has 0 spiro atoms. The van der Waals surface area contributed by atoms with Gasteiger partial charge in [0, 0.05) is 31.6 Å². The Labute approximate surface area is 153 Å². The van der Waals surface area contributed by atoms with Gasteiger partial charge >= 0.3 is 0 Å². The highest BCUT2D eigenvalue weighted by Crippen LogP contribution is 2.12. The SMILES string of the molecule is CC(C)CCN1CCc2nnc(CNC(=O)c3cccc(F)c3)n2CC1. The molecule has 0 saturated heterocycles. The molecule has 1 aliphatic rings. The lowest BCUT2D eigenvalue weighted by Crippen LogP contribution is -2.29. The van der Waals surface area contributed by atoms with Gasteiger partial charge < -0.3 is 14.8 Å². The summed E-state index contributed by atoms with van der Waals surface area (Å²) in [6.45, 7) is 8.64. The van der Waals surface area contributed by atoms with Gasteiger partial charge in [0.2, 0.25) is 0 Å². The zero-order valence-electron chi connectivity index (χ0n) is 15.4. The van der Waals surface area contributed by atoms with E-state index in [1.807, 2.05) is 0 Å². The Morgan fingerprint density at radius 3 is 2.88 bits per heavy atom. The lowest BCUT2D eigenvalue weighted by molar-refractivity contribution is 0.0949. The van der Waals surface area contributed by atoms with Crippen molar-refractivity contribution in [3.8, 4) is 0 Å². The van der Waals surface area contributed by atoms with E-state index >= 15 is 0 Å². The fourth-order valence-corrected chi connectivity index (χ4v) is 3.11. The first-order chi connectivity index (χ1) is 12.5. The Kier molecular flexibility index (Phi) is 5.98. The number of hydrogen-bond donors (Lipinski definition) is 1. The van der Waals surface area contributed by atoms with E-state index in [1.165, 1.54) is 24.6 Å². The molecule has 3 rings (SSSR count). The molecule has 1 amide bonds. The van der Waals surface area contributed by atoms with Crippen molar-refractivity contribution in [3.63, 3.8) is 0 Å². The number of rotatable bonds is 6. The van der Waals surface area contributed by atoms with Crippen molar-refractivity contribution in [2.24, 2.45) is 5.92 Å². The van der Waals surface area contributed by atoms with Crippen LogP contribution >= 0.6 is 0 Å². The standard InChI is InChI=1S/C19H26FN5O/c1-14(2)6-8-24-9-7-17-22-23-18(25(17)11-10-24)13-21-19(26)15-4-3-5-16(20)12-15/h3-5,12,14H,6-11,13H2,1-2H3,(H,21,26). The van der Waals surface area contributed by atoms with E-state index in [9.17, 15) is 9.18 Å². The van der Waals surface area contributed by atoms with Crippen molar-refractivity contribution >= 4 is 5.91 Å². The quantitative estimate of drug-likeness (QED) is 0.859. The molecule has 1 aromatic heterocycles. The van der Waals surface area contributed by atoms with E-state index < -0.39 is 5.82 Å². The van der Waals surface area contributed by atoms with E-state index in [2.05, 4.69) is 38.8 Å². The molecule has 0 unspecified atom stereocenters. The van der Waals surface area contributed by atoms with Gasteiger partial charge in [-0.05, 0) is 37.1 Å². The first-order valence-electron chi connectivity index (χ1n) is 9.20. The van der Waals surface area contributed by atoms with Gasteiger partial charge in [-0.3, -0.25) is 4.79 Å². The van der Waals surface area contributed by atoms with Crippen LogP contribution in [-0.4, -0.2) is 45.2 Å². The maximum absolute atomic E-state index is 13.2. The predicted octanol–water partition coefficient (Wildman–Crippen LogP) is 2.25. The van der Waals surface area contributed by atoms with Crippen LogP contribution in [0.4, 0.5) is 4.39 Å². The van der Waals surface area contributed by atoms with Crippen molar-refractivity contribution < 1.29 is 9.18 Å². The summed E-state index contributed by atoms with van der Waals surface area (Å²) >= 11 is 0. The lowest BCUT2D eigenvalue weighted by atomic mass is 10.1. The van der Waals surface area contributed by atoms with Crippen LogP contribution in [-0.2, 0) is 19.5 Å². The molecule has 1 N–H and O–H groups in total. The fourth-order valence-electron chi connectivity index (χ4n) is 3.11. The molecule has 0 saturated carbocycles. The van der Waals surface area contributed by atoms with Gasteiger partial charge in [0.25, 0.3) is 5.91 Å². The van der Waals surface area contributed by atoms with Crippen LogP contribution in [0.3, 0.4) is 0 Å². The molecular weight excluding hydrogens is 333 g/mol. The third-order valence-corrected chi connectivity index (χ3v) is 4.71. The first-order valence-corrected chi connectivity index (χ1v) is 9.20. The van der Waals surface area contributed by atoms with Crippen LogP contribution in [0.25, 0.3) is 0 Å². The molecule has 0 fully saturated rings. The number of amides is 1. The molecule has 2 heterocycles. The van der Waals surface area contributed by atoms with Crippen LogP contribution in [0.15, 0.2) is 24.3 Å². The zero-order valence-corrected chi connectivity index (χ0v) is 15.4. The van der Waals surface area contributed by atoms with Gasteiger partial charge in [0.05, 0.1) is 6.54 Å². The van der Waals surface area contributed by atoms with Crippen LogP contribution < -0.4 is 5.32 Å². The molecule has 7 heteroatoms. The molecule has 1 aromatic carbocycles. The van der Waals surface area contributed by atoms with Gasteiger partial charge in [0.15, 0.2) is 5.82 Å². The maximum atomic E-state index is 13.2. The van der Waals surface area contributed by atoms with Gasteiger partial charge in [-0.2, -0.15) is 0 Å². The van der Waals surface area contributed by atoms with E-state index in [4.69, 9.17) is 0 Å². The van der Waals surface area contributed by atoms with E-state index in [0.29, 0.717) is 11.5 Å². The summed E-state index contributed by atoms with van der Waals surface area (Å²) in [7, 11) is 0. The van der Waals surface area contributed by atoms with Crippen LogP contribution in [0.1, 0.15) is 42.3 Å². The summed E-state index contributed by atoms with van der Waals surface area (Å²) in [5, 5.41) is 11.3. The number of fused-ring (bicyclic) bond motifs is 1. The topological polar surface area (TPSA) is 63.1 Å². The normalized spacial score (nSPS) is 14.9. The molecule has 26 heavy (non-hydrogen) atoms. The van der Waals surface area contributed by atoms with Crippen LogP contribution in [0, 0.1) is 11.7 Å². The summed E-state index contributed by atoms with van der Waals surface area (Å²) < 4.78 is 15.3. The Balaban J connectivity index is 1.58. The number of benzene rings is 1. The summed E-state index contributed by atoms with van der Waals surface area (Å²) in [4.78, 5) is 14.6. The van der Waals surface area contributed by atoms with Crippen molar-refractivity contribution in [2.75, 3.05) is 19.6 Å². The summed E-state index contributed by atoms with van der Waals surface area (Å²) in [5.41, 5.74) is 0.306. The Hall–Kier alpha value is -2.28. The van der Waals surface area contributed by atoms with Gasteiger partial charge in [-0.25, -0.2) is 4.39 Å². The predicted molar refractivity (Wildman–Crippen MR) is 97.2 cm³/mol. The van der Waals surface area contributed by atoms with Gasteiger partial charge in [-0.1, -0.05) is 19.9 Å². The molecule has 1 aliphatic heterocycles. The zero-order chi connectivity index (χ0) is 18.5. The Bertz CT molecular complexity index is 758. The summed E-state index contributed by atoms with van der Waals surface area (Å²) in [5.74, 6) is 1.68. The second kappa shape index (κ2) is 8.40. The number of aromatic nitrogens is 3. The number of halogens is 1. The van der Waals surface area contributed by atoms with Crippen molar-refractivity contribution in [1.82, 2.24) is 25.0 Å². The highest BCUT2D eigenvalue weighted by Gasteiger charge is 2.19. The van der Waals surface area contributed by atoms with E-state index in [1.54, 1.807) is 6.07 Å². The second-order valence-electron chi connectivity index (χ2n) is 7.15. The molecule has 0 aliphatic carbocycles. The lowest BCUT2D eigenvalue weighted by Gasteiger charge is -2.20. The largest absolute Gasteiger partial charge is 0.345 e. The Morgan fingerprint density at radius 2 is 2.12 bits per heavy atom. The molecule has 140 valence electrons. The van der Waals surface area contributed by atoms with Crippen LogP contribution in [0.5, 0.6) is 0 Å². The van der Waals surface area contributed by atoms with E-state index in [0.717, 1.165) is 44.2 Å². The number of nitrogens with one attached hydrogen (secondary N) is 1. The fraction of sp³-hybridized carbons (Fsp3) is 0.526. The first kappa shape index (κ1) is 18.5. The Morgan fingerprint density at radius 1 is 1.27 bits per heavy atom. The summed E-state index contributed by atoms with van der Waals surface area (Å²) in [6.07, 6.45) is 2.06. The average Bonchev–Trinajstić information content (AvgIpc) is 2.89. The molecule has 0 atom stereocenters. The van der Waals surface area contributed by atoms with Gasteiger partial charge in [-0.15, -0.1) is 10.2 Å². The average molecular weight is 359 g/mol. The second-order valence-corrected chi connectivity index (χ2v) is 7.15. The highest BCUT2D eigenvalue weighted by molar-refractivity contribution is 5.94. The van der Waals surface area contributed by atoms with Crippen molar-refractivity contribution in [3.05, 3.63) is 47.3 Å². The van der Waals surface area contributed by atoms with Crippen LogP contribution in [0.2, 0.25) is 0 Å². The molecule has 0 radical (unpaired) electrons. The minimum Gasteiger partial charge on any atom is -0.345 e. The maximum Gasteiger partial charge on any atom is 0.251 e. The minimum atomic E-state index is -0.421. The third kappa shape index (κ3) is 4.66. The monoisotopic (exact) mass is 359 g/mol. The van der Waals surface area contributed by atoms with Gasteiger partial charge in [0.1, 0.15) is 11.6 Å². The molecular formula is C19H26FN5O. The molecule has 6 nitrogen and oxygen atoms in total. The minimum absolute atomic E-state index is 0.286. The third-order valence-electron chi connectivity index (χ3n) is 4.71. The molecule has 0 bridgehead atoms. The highest BCUT2D eigenvalue weighted by atomic mass is 19.1. The van der Waals surface area contributed by atoms with Crippen molar-refractivity contribution in [2.45, 2.75) is 39.8 Å². The van der Waals surface area contributed by atoms with E-state index in [-0.39, 0.29) is 12.5 Å². The summed E-state index contributed by atoms with van der Waals surface area (Å²) in [6, 6.07) is 5.67. The number of carbonyl (C=O) groups is 1.